The van der Waals surface area contributed by atoms with E-state index in [4.69, 9.17) is 16.0 Å². The molecule has 0 spiro atoms. The molecule has 0 saturated heterocycles. The summed E-state index contributed by atoms with van der Waals surface area (Å²) >= 11 is 0. The van der Waals surface area contributed by atoms with Gasteiger partial charge < -0.3 is 10.8 Å². The lowest BCUT2D eigenvalue weighted by molar-refractivity contribution is -0.345. The van der Waals surface area contributed by atoms with Gasteiger partial charge in [0.1, 0.15) is 0 Å². The lowest BCUT2D eigenvalue weighted by Gasteiger charge is -2.18. The van der Waals surface area contributed by atoms with E-state index in [-0.39, 0.29) is 6.42 Å². The van der Waals surface area contributed by atoms with E-state index in [9.17, 15) is 4.79 Å². The van der Waals surface area contributed by atoms with Crippen LogP contribution in [0.15, 0.2) is 0 Å². The molecule has 6 nitrogen and oxygen atoms in total. The normalized spacial score (nSPS) is 13.3. The van der Waals surface area contributed by atoms with Gasteiger partial charge in [0.15, 0.2) is 6.04 Å². The molecule has 6 heteroatoms. The van der Waals surface area contributed by atoms with Crippen molar-refractivity contribution in [2.45, 2.75) is 18.9 Å². The molecule has 0 aliphatic heterocycles. The van der Waals surface area contributed by atoms with Crippen LogP contribution in [0.1, 0.15) is 12.8 Å². The molecule has 0 aromatic carbocycles. The highest BCUT2D eigenvalue weighted by atomic mass is 16.9. The van der Waals surface area contributed by atoms with E-state index in [2.05, 4.69) is 4.84 Å². The zero-order valence-electron chi connectivity index (χ0n) is 6.93. The molecule has 1 atom stereocenters. The predicted octanol–water partition coefficient (Wildman–Crippen LogP) is -0.569. The summed E-state index contributed by atoms with van der Waals surface area (Å²) in [5.41, 5.74) is 5.18. The molecule has 1 unspecified atom stereocenters. The third kappa shape index (κ3) is 3.63. The van der Waals surface area contributed by atoms with E-state index in [0.29, 0.717) is 18.2 Å². The van der Waals surface area contributed by atoms with E-state index >= 15 is 0 Å². The van der Waals surface area contributed by atoms with Crippen molar-refractivity contribution in [2.24, 2.45) is 5.73 Å². The van der Waals surface area contributed by atoms with Gasteiger partial charge in [0.05, 0.1) is 7.11 Å². The molecule has 0 aromatic heterocycles. The van der Waals surface area contributed by atoms with E-state index in [1.54, 1.807) is 0 Å². The van der Waals surface area contributed by atoms with Crippen LogP contribution in [-0.2, 0) is 9.63 Å². The van der Waals surface area contributed by atoms with Crippen molar-refractivity contribution in [3.63, 3.8) is 0 Å². The van der Waals surface area contributed by atoms with Crippen molar-refractivity contribution in [2.75, 3.05) is 13.7 Å². The number of carboxylic acid groups (broad SMARTS) is 1. The van der Waals surface area contributed by atoms with E-state index in [1.165, 1.54) is 7.11 Å². The molecule has 72 valence electrons. The van der Waals surface area contributed by atoms with Gasteiger partial charge in [-0.1, -0.05) is 5.23 Å². The monoisotopic (exact) mass is 178 g/mol. The average Bonchev–Trinajstić information content (AvgIpc) is 2.04. The first-order valence-electron chi connectivity index (χ1n) is 3.58. The molecular weight excluding hydrogens is 164 g/mol. The number of nitrogens with zero attached hydrogens (tertiary/aromatic N) is 1. The highest BCUT2D eigenvalue weighted by Crippen LogP contribution is 2.04. The van der Waals surface area contributed by atoms with Gasteiger partial charge in [-0.3, -0.25) is 14.8 Å². The summed E-state index contributed by atoms with van der Waals surface area (Å²) in [4.78, 5) is 14.8. The van der Waals surface area contributed by atoms with Gasteiger partial charge >= 0.3 is 5.97 Å². The smallest absolute Gasteiger partial charge is 0.325 e. The fourth-order valence-electron chi connectivity index (χ4n) is 0.767. The average molecular weight is 178 g/mol. The lowest BCUT2D eigenvalue weighted by atomic mass is 10.2. The molecule has 12 heavy (non-hydrogen) atoms. The van der Waals surface area contributed by atoms with Crippen LogP contribution < -0.4 is 5.73 Å². The Kier molecular flexibility index (Phi) is 5.56. The van der Waals surface area contributed by atoms with E-state index in [0.717, 1.165) is 0 Å². The first kappa shape index (κ1) is 11.3. The summed E-state index contributed by atoms with van der Waals surface area (Å²) in [6, 6.07) is -1.04. The summed E-state index contributed by atoms with van der Waals surface area (Å²) < 4.78 is 0. The second-order valence-corrected chi connectivity index (χ2v) is 2.27. The molecule has 0 aliphatic carbocycles. The van der Waals surface area contributed by atoms with Crippen LogP contribution in [0, 0.1) is 0 Å². The minimum atomic E-state index is -1.13. The molecule has 0 heterocycles. The second kappa shape index (κ2) is 5.90. The number of hydroxylamine groups is 2. The van der Waals surface area contributed by atoms with E-state index < -0.39 is 12.0 Å². The third-order valence-corrected chi connectivity index (χ3v) is 1.42. The number of rotatable bonds is 6. The first-order valence-corrected chi connectivity index (χ1v) is 3.58. The summed E-state index contributed by atoms with van der Waals surface area (Å²) in [5, 5.41) is 17.8. The fourth-order valence-corrected chi connectivity index (χ4v) is 0.767. The molecule has 4 N–H and O–H groups in total. The van der Waals surface area contributed by atoms with Crippen molar-refractivity contribution < 1.29 is 19.9 Å². The minimum absolute atomic E-state index is 0.260. The largest absolute Gasteiger partial charge is 0.480 e. The maximum atomic E-state index is 10.5. The Morgan fingerprint density at radius 3 is 2.67 bits per heavy atom. The van der Waals surface area contributed by atoms with Gasteiger partial charge in [0.25, 0.3) is 0 Å². The Morgan fingerprint density at radius 1 is 1.75 bits per heavy atom. The summed E-state index contributed by atoms with van der Waals surface area (Å²) in [5.74, 6) is -1.13. The Morgan fingerprint density at radius 2 is 2.33 bits per heavy atom. The molecule has 0 rings (SSSR count). The quantitative estimate of drug-likeness (QED) is 0.471. The van der Waals surface area contributed by atoms with Crippen LogP contribution in [0.3, 0.4) is 0 Å². The molecule has 0 aromatic rings. The van der Waals surface area contributed by atoms with Gasteiger partial charge in [-0.05, 0) is 19.4 Å². The minimum Gasteiger partial charge on any atom is -0.480 e. The van der Waals surface area contributed by atoms with Gasteiger partial charge in [-0.25, -0.2) is 0 Å². The number of carbonyl (C=O) groups is 1. The number of aliphatic carboxylic acids is 1. The van der Waals surface area contributed by atoms with Crippen molar-refractivity contribution in [1.29, 1.82) is 0 Å². The van der Waals surface area contributed by atoms with Crippen molar-refractivity contribution in [3.8, 4) is 0 Å². The van der Waals surface area contributed by atoms with Gasteiger partial charge in [0, 0.05) is 0 Å². The summed E-state index contributed by atoms with van der Waals surface area (Å²) in [6.07, 6.45) is 0.785. The summed E-state index contributed by atoms with van der Waals surface area (Å²) in [6.45, 7) is 0.390. The zero-order chi connectivity index (χ0) is 9.56. The molecule has 0 saturated carbocycles. The SMILES string of the molecule is CON(O)C(CCCN)C(=O)O. The van der Waals surface area contributed by atoms with Crippen LogP contribution in [0.25, 0.3) is 0 Å². The first-order chi connectivity index (χ1) is 5.63. The second-order valence-electron chi connectivity index (χ2n) is 2.27. The number of carboxylic acids is 1. The topological polar surface area (TPSA) is 96.0 Å². The Balaban J connectivity index is 3.94. The van der Waals surface area contributed by atoms with Crippen LogP contribution >= 0.6 is 0 Å². The lowest BCUT2D eigenvalue weighted by Crippen LogP contribution is -2.38. The molecule has 0 amide bonds. The highest BCUT2D eigenvalue weighted by molar-refractivity contribution is 5.72. The number of hydrogen-bond acceptors (Lipinski definition) is 5. The molecule has 0 fully saturated rings. The Labute approximate surface area is 70.4 Å². The fraction of sp³-hybridized carbons (Fsp3) is 0.833. The molecule has 0 bridgehead atoms. The predicted molar refractivity (Wildman–Crippen MR) is 40.3 cm³/mol. The third-order valence-electron chi connectivity index (χ3n) is 1.42. The Hall–Kier alpha value is -0.690. The molecule has 0 radical (unpaired) electrons. The van der Waals surface area contributed by atoms with E-state index in [1.807, 2.05) is 0 Å². The van der Waals surface area contributed by atoms with Crippen LogP contribution in [0.4, 0.5) is 0 Å². The maximum Gasteiger partial charge on any atom is 0.325 e. The van der Waals surface area contributed by atoms with Gasteiger partial charge in [0.2, 0.25) is 0 Å². The van der Waals surface area contributed by atoms with Gasteiger partial charge in [-0.15, -0.1) is 0 Å². The standard InChI is InChI=1S/C6H14N2O4/c1-12-8(11)5(6(9)10)3-2-4-7/h5,11H,2-4,7H2,1H3,(H,9,10). The number of hydrogen-bond donors (Lipinski definition) is 3. The zero-order valence-corrected chi connectivity index (χ0v) is 6.93. The summed E-state index contributed by atoms with van der Waals surface area (Å²) in [7, 11) is 1.19. The van der Waals surface area contributed by atoms with Crippen molar-refractivity contribution in [1.82, 2.24) is 5.23 Å². The highest BCUT2D eigenvalue weighted by Gasteiger charge is 2.23. The van der Waals surface area contributed by atoms with Crippen LogP contribution in [0.5, 0.6) is 0 Å². The number of nitrogens with two attached hydrogens (primary N) is 1. The van der Waals surface area contributed by atoms with Crippen LogP contribution in [0.2, 0.25) is 0 Å². The van der Waals surface area contributed by atoms with Crippen molar-refractivity contribution in [3.05, 3.63) is 0 Å². The molecular formula is C6H14N2O4. The van der Waals surface area contributed by atoms with Gasteiger partial charge in [-0.2, -0.15) is 0 Å². The van der Waals surface area contributed by atoms with Crippen molar-refractivity contribution >= 4 is 5.97 Å². The molecule has 0 aliphatic rings. The maximum absolute atomic E-state index is 10.5. The Bertz CT molecular complexity index is 142. The van der Waals surface area contributed by atoms with Crippen LogP contribution in [-0.4, -0.2) is 41.2 Å².